The minimum Gasteiger partial charge on any atom is -1.00 e. The summed E-state index contributed by atoms with van der Waals surface area (Å²) in [4.78, 5) is 0. The normalized spacial score (nSPS) is 3.25. The molecule has 0 aliphatic carbocycles. The third-order valence-electron chi connectivity index (χ3n) is 0. The number of halogens is 1. The molecule has 0 aliphatic rings. The quantitative estimate of drug-likeness (QED) is 0.407. The second-order valence-electron chi connectivity index (χ2n) is 0.0891. The molecule has 22 valence electrons. The van der Waals surface area contributed by atoms with Crippen molar-refractivity contribution in [3.8, 4) is 0 Å². The van der Waals surface area contributed by atoms with Gasteiger partial charge in [0.15, 0.2) is 0 Å². The third-order valence-corrected chi connectivity index (χ3v) is 0. The van der Waals surface area contributed by atoms with Crippen LogP contribution in [0.4, 0.5) is 0 Å². The van der Waals surface area contributed by atoms with E-state index in [2.05, 4.69) is 11.1 Å². The van der Waals surface area contributed by atoms with Crippen LogP contribution in [0.2, 0.25) is 0 Å². The molecule has 0 fully saturated rings. The molecule has 0 spiro atoms. The average Bonchev–Trinajstić information content (AvgIpc) is 0.918. The Balaban J connectivity index is -0.00000000667. The average molecular weight is 220 g/mol. The van der Waals surface area contributed by atoms with Gasteiger partial charge in [-0.05, 0) is 0 Å². The second-order valence-corrected chi connectivity index (χ2v) is 0.802. The van der Waals surface area contributed by atoms with Crippen molar-refractivity contribution in [2.45, 2.75) is 0 Å². The molecule has 0 aromatic carbocycles. The maximum absolute atomic E-state index is 8.78. The van der Waals surface area contributed by atoms with Gasteiger partial charge < -0.3 is 7.32 Å². The van der Waals surface area contributed by atoms with Gasteiger partial charge in [-0.1, -0.05) is 11.1 Å². The molecule has 1 nitrogen and oxygen atoms in total. The van der Waals surface area contributed by atoms with Gasteiger partial charge in [-0.2, -0.15) is 0 Å². The zero-order chi connectivity index (χ0) is 2.71. The van der Waals surface area contributed by atoms with Crippen molar-refractivity contribution >= 4 is 68.7 Å². The van der Waals surface area contributed by atoms with Gasteiger partial charge in [0.1, 0.15) is 0 Å². The summed E-state index contributed by atoms with van der Waals surface area (Å²) in [7, 11) is -1.03. The van der Waals surface area contributed by atoms with E-state index in [1.807, 2.05) is 0 Å². The second kappa shape index (κ2) is 8.86. The van der Waals surface area contributed by atoms with Crippen LogP contribution in [-0.2, 0) is 4.46 Å². The van der Waals surface area contributed by atoms with Crippen molar-refractivity contribution in [1.29, 1.82) is 0 Å². The molecule has 4 heavy (non-hydrogen) atoms. The summed E-state index contributed by atoms with van der Waals surface area (Å²) >= 11 is 4.53. The van der Waals surface area contributed by atoms with Crippen LogP contribution in [-0.4, -0.2) is 57.6 Å². The third kappa shape index (κ3) is 9.11. The molecule has 0 aromatic rings. The van der Waals surface area contributed by atoms with Crippen LogP contribution in [0.15, 0.2) is 0 Å². The summed E-state index contributed by atoms with van der Waals surface area (Å²) in [5, 5.41) is 0. The Kier molecular flexibility index (Phi) is 20.6. The Hall–Kier alpha value is 1.88. The summed E-state index contributed by atoms with van der Waals surface area (Å²) in [5.74, 6) is 0. The smallest absolute Gasteiger partial charge is 1.00 e. The fraction of sp³-hybridized carbons (Fsp3) is 0. The first-order chi connectivity index (χ1) is 1.41. The summed E-state index contributed by atoms with van der Waals surface area (Å²) in [6.45, 7) is 0. The standard InChI is InChI=1S/Ba.ClHOSi.2H/c;1-3-2;;/h;3H;;/q+2;;2*-1. The monoisotopic (exact) mass is 220 g/mol. The van der Waals surface area contributed by atoms with Gasteiger partial charge in [-0.3, -0.25) is 0 Å². The predicted octanol–water partition coefficient (Wildman–Crippen LogP) is -0.234. The minimum atomic E-state index is -1.03. The van der Waals surface area contributed by atoms with E-state index in [0.29, 0.717) is 0 Å². The topological polar surface area (TPSA) is 17.1 Å². The molecule has 0 heterocycles. The van der Waals surface area contributed by atoms with Crippen LogP contribution in [0.3, 0.4) is 0 Å². The molecule has 0 saturated carbocycles. The Morgan fingerprint density at radius 3 is 2.00 bits per heavy atom. The van der Waals surface area contributed by atoms with Crippen molar-refractivity contribution in [3.63, 3.8) is 0 Å². The molecule has 0 rings (SSSR count). The first-order valence-electron chi connectivity index (χ1n) is 0.454. The van der Waals surface area contributed by atoms with E-state index in [0.717, 1.165) is 0 Å². The first-order valence-corrected chi connectivity index (χ1v) is 2.67. The van der Waals surface area contributed by atoms with Crippen LogP contribution in [0.1, 0.15) is 2.85 Å². The van der Waals surface area contributed by atoms with Crippen molar-refractivity contribution in [2.24, 2.45) is 0 Å². The van der Waals surface area contributed by atoms with E-state index in [1.165, 1.54) is 0 Å². The Morgan fingerprint density at radius 2 is 2.00 bits per heavy atom. The molecule has 0 bridgehead atoms. The van der Waals surface area contributed by atoms with Gasteiger partial charge >= 0.3 is 57.6 Å². The molecular formula is H3BaClOSi. The van der Waals surface area contributed by atoms with Crippen LogP contribution in [0.5, 0.6) is 0 Å². The molecule has 0 aromatic heterocycles. The van der Waals surface area contributed by atoms with E-state index in [-0.39, 0.29) is 51.7 Å². The largest absolute Gasteiger partial charge is 2.00 e. The Labute approximate surface area is 74.7 Å². The summed E-state index contributed by atoms with van der Waals surface area (Å²) in [5.41, 5.74) is 0. The zero-order valence-corrected chi connectivity index (χ0v) is 8.42. The van der Waals surface area contributed by atoms with Crippen molar-refractivity contribution < 1.29 is 7.32 Å². The first kappa shape index (κ1) is 9.30. The van der Waals surface area contributed by atoms with E-state index in [9.17, 15) is 0 Å². The predicted molar refractivity (Wildman–Crippen MR) is 21.7 cm³/mol. The summed E-state index contributed by atoms with van der Waals surface area (Å²) in [6.07, 6.45) is 0. The minimum absolute atomic E-state index is 0. The number of hydrogen-bond donors (Lipinski definition) is 0. The van der Waals surface area contributed by atoms with E-state index in [1.54, 1.807) is 0 Å². The number of hydrogen-bond acceptors (Lipinski definition) is 1. The van der Waals surface area contributed by atoms with Crippen LogP contribution in [0, 0.1) is 0 Å². The van der Waals surface area contributed by atoms with Gasteiger partial charge in [0.2, 0.25) is 0 Å². The molecule has 0 radical (unpaired) electrons. The molecule has 0 saturated heterocycles. The fourth-order valence-electron chi connectivity index (χ4n) is 0. The Bertz CT molecular complexity index is 21.0. The summed E-state index contributed by atoms with van der Waals surface area (Å²) in [6, 6.07) is 0. The van der Waals surface area contributed by atoms with E-state index >= 15 is 0 Å². The van der Waals surface area contributed by atoms with Crippen LogP contribution < -0.4 is 0 Å². The SMILES string of the molecule is O=[SiH]Cl.[Ba+2].[H-].[H-]. The molecule has 0 unspecified atom stereocenters. The van der Waals surface area contributed by atoms with Gasteiger partial charge in [-0.15, -0.1) is 0 Å². The van der Waals surface area contributed by atoms with Crippen LogP contribution >= 0.6 is 11.1 Å². The molecular weight excluding hydrogens is 217 g/mol. The van der Waals surface area contributed by atoms with Crippen molar-refractivity contribution in [3.05, 3.63) is 0 Å². The molecule has 4 heteroatoms. The molecule has 0 N–H and O–H groups in total. The van der Waals surface area contributed by atoms with Crippen molar-refractivity contribution in [1.82, 2.24) is 0 Å². The van der Waals surface area contributed by atoms with Gasteiger partial charge in [0.05, 0.1) is 0 Å². The van der Waals surface area contributed by atoms with Gasteiger partial charge in [0, 0.05) is 0 Å². The Morgan fingerprint density at radius 1 is 2.00 bits per heavy atom. The molecule has 0 atom stereocenters. The molecule has 0 aliphatic heterocycles. The fourth-order valence-corrected chi connectivity index (χ4v) is 0. The number of rotatable bonds is 0. The molecule has 0 amide bonds. The van der Waals surface area contributed by atoms with Gasteiger partial charge in [-0.25, -0.2) is 0 Å². The van der Waals surface area contributed by atoms with E-state index < -0.39 is 8.72 Å². The summed E-state index contributed by atoms with van der Waals surface area (Å²) < 4.78 is 8.78. The van der Waals surface area contributed by atoms with Crippen LogP contribution in [0.25, 0.3) is 0 Å². The maximum atomic E-state index is 8.78. The van der Waals surface area contributed by atoms with E-state index in [4.69, 9.17) is 4.46 Å². The van der Waals surface area contributed by atoms with Crippen molar-refractivity contribution in [2.75, 3.05) is 0 Å². The zero-order valence-electron chi connectivity index (χ0n) is 4.07. The maximum Gasteiger partial charge on any atom is 2.00 e. The van der Waals surface area contributed by atoms with Gasteiger partial charge in [0.25, 0.3) is 0 Å².